The monoisotopic (exact) mass is 455 g/mol. The number of benzene rings is 2. The van der Waals surface area contributed by atoms with Gasteiger partial charge in [-0.25, -0.2) is 0 Å². The van der Waals surface area contributed by atoms with Crippen LogP contribution in [0.3, 0.4) is 0 Å². The van der Waals surface area contributed by atoms with E-state index in [-0.39, 0.29) is 35.3 Å². The molecule has 1 heterocycles. The van der Waals surface area contributed by atoms with E-state index in [0.717, 1.165) is 17.3 Å². The molecule has 1 atom stereocenters. The van der Waals surface area contributed by atoms with Gasteiger partial charge in [-0.1, -0.05) is 49.9 Å². The number of thioether (sulfide) groups is 1. The van der Waals surface area contributed by atoms with Crippen molar-refractivity contribution in [2.45, 2.75) is 26.4 Å². The quantitative estimate of drug-likeness (QED) is 0.633. The predicted octanol–water partition coefficient (Wildman–Crippen LogP) is 3.28. The number of ether oxygens (including phenoxy) is 1. The van der Waals surface area contributed by atoms with Crippen LogP contribution in [-0.4, -0.2) is 46.8 Å². The average molecular weight is 456 g/mol. The summed E-state index contributed by atoms with van der Waals surface area (Å²) in [6.45, 7) is 3.89. The standard InChI is InChI=1S/C23H25N3O5S/c1-14(2)20(25-21(28)17-6-4-5-7-18(17)31-3)22(29)24-16-10-8-15(9-11-16)12-26-19(27)13-32-23(26)30/h4-11,14,20H,12-13H2,1-3H3,(H,24,29)(H,25,28). The average Bonchev–Trinajstić information content (AvgIpc) is 3.10. The SMILES string of the molecule is COc1ccccc1C(=O)NC(C(=O)Nc1ccc(CN2C(=O)CSC2=O)cc1)C(C)C. The molecule has 0 saturated carbocycles. The van der Waals surface area contributed by atoms with Crippen LogP contribution in [-0.2, 0) is 16.1 Å². The Bertz CT molecular complexity index is 1010. The molecule has 168 valence electrons. The molecule has 2 N–H and O–H groups in total. The molecule has 0 radical (unpaired) electrons. The normalized spacial score (nSPS) is 14.4. The number of nitrogens with one attached hydrogen (secondary N) is 2. The van der Waals surface area contributed by atoms with Crippen LogP contribution in [0, 0.1) is 5.92 Å². The van der Waals surface area contributed by atoms with Gasteiger partial charge in [0.05, 0.1) is 25.0 Å². The predicted molar refractivity (Wildman–Crippen MR) is 123 cm³/mol. The highest BCUT2D eigenvalue weighted by atomic mass is 32.2. The Hall–Kier alpha value is -3.33. The Labute approximate surface area is 190 Å². The molecule has 1 aliphatic heterocycles. The highest BCUT2D eigenvalue weighted by Gasteiger charge is 2.30. The van der Waals surface area contributed by atoms with Gasteiger partial charge in [0.2, 0.25) is 11.8 Å². The van der Waals surface area contributed by atoms with Crippen molar-refractivity contribution >= 4 is 40.4 Å². The number of carbonyl (C=O) groups excluding carboxylic acids is 4. The zero-order valence-electron chi connectivity index (χ0n) is 18.1. The molecule has 2 aromatic rings. The van der Waals surface area contributed by atoms with Gasteiger partial charge in [-0.2, -0.15) is 0 Å². The first-order valence-electron chi connectivity index (χ1n) is 10.1. The molecule has 0 spiro atoms. The maximum Gasteiger partial charge on any atom is 0.289 e. The van der Waals surface area contributed by atoms with Crippen LogP contribution in [0.5, 0.6) is 5.75 Å². The lowest BCUT2D eigenvalue weighted by Crippen LogP contribution is -2.47. The molecule has 0 bridgehead atoms. The van der Waals surface area contributed by atoms with Gasteiger partial charge in [0.25, 0.3) is 11.1 Å². The lowest BCUT2D eigenvalue weighted by atomic mass is 10.0. The third-order valence-electron chi connectivity index (χ3n) is 4.99. The molecule has 9 heteroatoms. The zero-order valence-corrected chi connectivity index (χ0v) is 18.9. The number of hydrogen-bond acceptors (Lipinski definition) is 6. The summed E-state index contributed by atoms with van der Waals surface area (Å²) in [6, 6.07) is 12.9. The van der Waals surface area contributed by atoms with Crippen LogP contribution < -0.4 is 15.4 Å². The number of imide groups is 1. The minimum Gasteiger partial charge on any atom is -0.496 e. The molecule has 32 heavy (non-hydrogen) atoms. The topological polar surface area (TPSA) is 105 Å². The summed E-state index contributed by atoms with van der Waals surface area (Å²) in [5.74, 6) is -0.511. The Kier molecular flexibility index (Phi) is 7.53. The first-order chi connectivity index (χ1) is 15.3. The summed E-state index contributed by atoms with van der Waals surface area (Å²) in [6.07, 6.45) is 0. The Morgan fingerprint density at radius 3 is 2.38 bits per heavy atom. The second-order valence-electron chi connectivity index (χ2n) is 7.62. The first-order valence-corrected chi connectivity index (χ1v) is 11.1. The minimum absolute atomic E-state index is 0.155. The third kappa shape index (κ3) is 5.47. The van der Waals surface area contributed by atoms with Gasteiger partial charge in [0.1, 0.15) is 11.8 Å². The van der Waals surface area contributed by atoms with Crippen molar-refractivity contribution in [3.05, 3.63) is 59.7 Å². The molecule has 0 aromatic heterocycles. The fraction of sp³-hybridized carbons (Fsp3) is 0.304. The van der Waals surface area contributed by atoms with Gasteiger partial charge in [-0.3, -0.25) is 24.1 Å². The maximum atomic E-state index is 12.9. The molecule has 4 amide bonds. The Morgan fingerprint density at radius 2 is 1.78 bits per heavy atom. The van der Waals surface area contributed by atoms with Crippen LogP contribution in [0.15, 0.2) is 48.5 Å². The van der Waals surface area contributed by atoms with E-state index in [1.807, 2.05) is 13.8 Å². The van der Waals surface area contributed by atoms with E-state index in [0.29, 0.717) is 17.0 Å². The van der Waals surface area contributed by atoms with Gasteiger partial charge >= 0.3 is 0 Å². The number of hydrogen-bond donors (Lipinski definition) is 2. The van der Waals surface area contributed by atoms with Crippen LogP contribution in [0.2, 0.25) is 0 Å². The number of methoxy groups -OCH3 is 1. The highest BCUT2D eigenvalue weighted by Crippen LogP contribution is 2.22. The largest absolute Gasteiger partial charge is 0.496 e. The van der Waals surface area contributed by atoms with Crippen molar-refractivity contribution in [3.63, 3.8) is 0 Å². The fourth-order valence-electron chi connectivity index (χ4n) is 3.22. The smallest absolute Gasteiger partial charge is 0.289 e. The second-order valence-corrected chi connectivity index (χ2v) is 8.54. The van der Waals surface area contributed by atoms with Gasteiger partial charge in [0.15, 0.2) is 0 Å². The molecular weight excluding hydrogens is 430 g/mol. The number of amides is 4. The van der Waals surface area contributed by atoms with Gasteiger partial charge in [0, 0.05) is 5.69 Å². The summed E-state index contributed by atoms with van der Waals surface area (Å²) in [5, 5.41) is 5.34. The lowest BCUT2D eigenvalue weighted by Gasteiger charge is -2.22. The summed E-state index contributed by atoms with van der Waals surface area (Å²) >= 11 is 0.994. The minimum atomic E-state index is -0.760. The van der Waals surface area contributed by atoms with E-state index >= 15 is 0 Å². The van der Waals surface area contributed by atoms with E-state index < -0.39 is 11.9 Å². The molecular formula is C23H25N3O5S. The van der Waals surface area contributed by atoms with E-state index in [1.54, 1.807) is 48.5 Å². The van der Waals surface area contributed by atoms with Crippen LogP contribution >= 0.6 is 11.8 Å². The Balaban J connectivity index is 1.65. The first kappa shape index (κ1) is 23.3. The van der Waals surface area contributed by atoms with E-state index in [4.69, 9.17) is 4.74 Å². The third-order valence-corrected chi connectivity index (χ3v) is 5.85. The van der Waals surface area contributed by atoms with Crippen molar-refractivity contribution in [2.75, 3.05) is 18.2 Å². The molecule has 8 nitrogen and oxygen atoms in total. The van der Waals surface area contributed by atoms with E-state index in [1.165, 1.54) is 12.0 Å². The van der Waals surface area contributed by atoms with Crippen molar-refractivity contribution in [1.82, 2.24) is 10.2 Å². The lowest BCUT2D eigenvalue weighted by molar-refractivity contribution is -0.125. The van der Waals surface area contributed by atoms with E-state index in [2.05, 4.69) is 10.6 Å². The fourth-order valence-corrected chi connectivity index (χ4v) is 3.94. The summed E-state index contributed by atoms with van der Waals surface area (Å²) < 4.78 is 5.23. The maximum absolute atomic E-state index is 12.9. The van der Waals surface area contributed by atoms with Crippen molar-refractivity contribution < 1.29 is 23.9 Å². The molecule has 1 saturated heterocycles. The van der Waals surface area contributed by atoms with Gasteiger partial charge < -0.3 is 15.4 Å². The molecule has 0 aliphatic carbocycles. The number of para-hydroxylation sites is 1. The molecule has 2 aromatic carbocycles. The molecule has 3 rings (SSSR count). The van der Waals surface area contributed by atoms with Gasteiger partial charge in [-0.05, 0) is 35.7 Å². The zero-order chi connectivity index (χ0) is 23.3. The van der Waals surface area contributed by atoms with E-state index in [9.17, 15) is 19.2 Å². The number of carbonyl (C=O) groups is 4. The summed E-state index contributed by atoms with van der Waals surface area (Å²) in [7, 11) is 1.48. The van der Waals surface area contributed by atoms with Crippen LogP contribution in [0.1, 0.15) is 29.8 Å². The van der Waals surface area contributed by atoms with Crippen molar-refractivity contribution in [2.24, 2.45) is 5.92 Å². The van der Waals surface area contributed by atoms with Crippen LogP contribution in [0.4, 0.5) is 10.5 Å². The van der Waals surface area contributed by atoms with Crippen molar-refractivity contribution in [3.8, 4) is 5.75 Å². The summed E-state index contributed by atoms with van der Waals surface area (Å²) in [4.78, 5) is 50.3. The van der Waals surface area contributed by atoms with Crippen LogP contribution in [0.25, 0.3) is 0 Å². The second kappa shape index (κ2) is 10.3. The molecule has 1 fully saturated rings. The highest BCUT2D eigenvalue weighted by molar-refractivity contribution is 8.14. The number of rotatable bonds is 8. The molecule has 1 aliphatic rings. The summed E-state index contributed by atoms with van der Waals surface area (Å²) in [5.41, 5.74) is 1.67. The van der Waals surface area contributed by atoms with Gasteiger partial charge in [-0.15, -0.1) is 0 Å². The Morgan fingerprint density at radius 1 is 1.09 bits per heavy atom. The number of nitrogens with zero attached hydrogens (tertiary/aromatic N) is 1. The molecule has 1 unspecified atom stereocenters. The number of anilines is 1. The van der Waals surface area contributed by atoms with Crippen molar-refractivity contribution in [1.29, 1.82) is 0 Å².